The van der Waals surface area contributed by atoms with Gasteiger partial charge in [0.05, 0.1) is 12.2 Å². The Kier molecular flexibility index (Phi) is 4.85. The van der Waals surface area contributed by atoms with E-state index in [1.807, 2.05) is 20.8 Å². The highest BCUT2D eigenvalue weighted by Gasteiger charge is 2.29. The maximum absolute atomic E-state index is 12.2. The van der Waals surface area contributed by atoms with Crippen LogP contribution in [-0.4, -0.2) is 42.0 Å². The van der Waals surface area contributed by atoms with Crippen LogP contribution in [0, 0.1) is 6.92 Å². The van der Waals surface area contributed by atoms with E-state index in [0.29, 0.717) is 23.8 Å². The standard InChI is InChI=1S/C15H19ClN2O3/c1-9-4-5-12(16)6-13(9)17-14(19)15(20)18-7-10(2)21-11(3)8-18/h4-6,10-11H,7-8H2,1-3H3,(H,17,19). The van der Waals surface area contributed by atoms with Crippen molar-refractivity contribution in [3.63, 3.8) is 0 Å². The summed E-state index contributed by atoms with van der Waals surface area (Å²) >= 11 is 5.90. The van der Waals surface area contributed by atoms with Crippen molar-refractivity contribution in [1.29, 1.82) is 0 Å². The number of rotatable bonds is 1. The first-order valence-electron chi connectivity index (χ1n) is 6.88. The topological polar surface area (TPSA) is 58.6 Å². The second kappa shape index (κ2) is 6.45. The van der Waals surface area contributed by atoms with Gasteiger partial charge in [0.2, 0.25) is 0 Å². The summed E-state index contributed by atoms with van der Waals surface area (Å²) in [5, 5.41) is 3.13. The molecule has 114 valence electrons. The molecule has 0 radical (unpaired) electrons. The second-order valence-corrected chi connectivity index (χ2v) is 5.82. The molecule has 2 unspecified atom stereocenters. The van der Waals surface area contributed by atoms with Crippen LogP contribution in [0.3, 0.4) is 0 Å². The summed E-state index contributed by atoms with van der Waals surface area (Å²) in [6, 6.07) is 5.16. The predicted octanol–water partition coefficient (Wildman–Crippen LogP) is 2.22. The minimum absolute atomic E-state index is 0.0709. The molecule has 2 atom stereocenters. The lowest BCUT2D eigenvalue weighted by Gasteiger charge is -2.34. The van der Waals surface area contributed by atoms with Crippen LogP contribution in [0.4, 0.5) is 5.69 Å². The zero-order valence-electron chi connectivity index (χ0n) is 12.4. The third-order valence-corrected chi connectivity index (χ3v) is 3.58. The predicted molar refractivity (Wildman–Crippen MR) is 81.4 cm³/mol. The molecule has 1 saturated heterocycles. The van der Waals surface area contributed by atoms with Gasteiger partial charge in [0.15, 0.2) is 0 Å². The van der Waals surface area contributed by atoms with E-state index in [2.05, 4.69) is 5.32 Å². The fraction of sp³-hybridized carbons (Fsp3) is 0.467. The van der Waals surface area contributed by atoms with Gasteiger partial charge in [-0.3, -0.25) is 9.59 Å². The smallest absolute Gasteiger partial charge is 0.313 e. The summed E-state index contributed by atoms with van der Waals surface area (Å²) in [5.41, 5.74) is 1.40. The third kappa shape index (κ3) is 3.95. The van der Waals surface area contributed by atoms with E-state index < -0.39 is 11.8 Å². The number of nitrogens with one attached hydrogen (secondary N) is 1. The number of aryl methyl sites for hydroxylation is 1. The van der Waals surface area contributed by atoms with Crippen molar-refractivity contribution in [3.8, 4) is 0 Å². The number of carbonyl (C=O) groups is 2. The molecule has 0 aliphatic carbocycles. The van der Waals surface area contributed by atoms with Gasteiger partial charge in [0, 0.05) is 23.8 Å². The van der Waals surface area contributed by atoms with E-state index in [4.69, 9.17) is 16.3 Å². The van der Waals surface area contributed by atoms with Gasteiger partial charge in [-0.25, -0.2) is 0 Å². The van der Waals surface area contributed by atoms with E-state index >= 15 is 0 Å². The first kappa shape index (κ1) is 15.8. The molecule has 1 aliphatic rings. The van der Waals surface area contributed by atoms with Gasteiger partial charge in [-0.1, -0.05) is 17.7 Å². The molecule has 1 aromatic carbocycles. The van der Waals surface area contributed by atoms with Crippen molar-refractivity contribution < 1.29 is 14.3 Å². The first-order chi connectivity index (χ1) is 9.86. The van der Waals surface area contributed by atoms with Crippen LogP contribution < -0.4 is 5.32 Å². The maximum Gasteiger partial charge on any atom is 0.313 e. The van der Waals surface area contributed by atoms with Crippen molar-refractivity contribution in [2.24, 2.45) is 0 Å². The minimum atomic E-state index is -0.651. The highest BCUT2D eigenvalue weighted by Crippen LogP contribution is 2.20. The fourth-order valence-corrected chi connectivity index (χ4v) is 2.56. The number of nitrogens with zero attached hydrogens (tertiary/aromatic N) is 1. The average molecular weight is 311 g/mol. The molecule has 5 nitrogen and oxygen atoms in total. The number of amides is 2. The van der Waals surface area contributed by atoms with Gasteiger partial charge < -0.3 is 15.0 Å². The summed E-state index contributed by atoms with van der Waals surface area (Å²) < 4.78 is 5.56. The molecule has 1 heterocycles. The van der Waals surface area contributed by atoms with Gasteiger partial charge >= 0.3 is 11.8 Å². The number of benzene rings is 1. The molecule has 21 heavy (non-hydrogen) atoms. The third-order valence-electron chi connectivity index (χ3n) is 3.35. The molecule has 1 aromatic rings. The van der Waals surface area contributed by atoms with Gasteiger partial charge in [-0.2, -0.15) is 0 Å². The van der Waals surface area contributed by atoms with Crippen LogP contribution in [0.2, 0.25) is 5.02 Å². The van der Waals surface area contributed by atoms with Crippen molar-refractivity contribution in [1.82, 2.24) is 4.90 Å². The Labute approximate surface area is 129 Å². The van der Waals surface area contributed by atoms with E-state index in [9.17, 15) is 9.59 Å². The largest absolute Gasteiger partial charge is 0.372 e. The van der Waals surface area contributed by atoms with Crippen LogP contribution in [0.1, 0.15) is 19.4 Å². The van der Waals surface area contributed by atoms with Crippen molar-refractivity contribution >= 4 is 29.1 Å². The van der Waals surface area contributed by atoms with Gasteiger partial charge in [0.25, 0.3) is 0 Å². The number of ether oxygens (including phenoxy) is 1. The lowest BCUT2D eigenvalue weighted by atomic mass is 10.2. The number of morpholine rings is 1. The lowest BCUT2D eigenvalue weighted by Crippen LogP contribution is -2.51. The second-order valence-electron chi connectivity index (χ2n) is 5.38. The van der Waals surface area contributed by atoms with Crippen LogP contribution in [0.25, 0.3) is 0 Å². The number of halogens is 1. The van der Waals surface area contributed by atoms with E-state index in [1.54, 1.807) is 18.2 Å². The molecule has 1 fully saturated rings. The Morgan fingerprint density at radius 3 is 2.52 bits per heavy atom. The summed E-state index contributed by atoms with van der Waals surface area (Å²) in [6.07, 6.45) is -0.142. The highest BCUT2D eigenvalue weighted by atomic mass is 35.5. The quantitative estimate of drug-likeness (QED) is 0.809. The van der Waals surface area contributed by atoms with Crippen molar-refractivity contribution in [2.45, 2.75) is 33.0 Å². The average Bonchev–Trinajstić information content (AvgIpc) is 2.41. The molecule has 0 spiro atoms. The zero-order valence-corrected chi connectivity index (χ0v) is 13.1. The zero-order chi connectivity index (χ0) is 15.6. The number of hydrogen-bond donors (Lipinski definition) is 1. The Morgan fingerprint density at radius 1 is 1.29 bits per heavy atom. The highest BCUT2D eigenvalue weighted by molar-refractivity contribution is 6.39. The van der Waals surface area contributed by atoms with Crippen LogP contribution in [-0.2, 0) is 14.3 Å². The Morgan fingerprint density at radius 2 is 1.90 bits per heavy atom. The van der Waals surface area contributed by atoms with Gasteiger partial charge in [-0.15, -0.1) is 0 Å². The van der Waals surface area contributed by atoms with Gasteiger partial charge in [-0.05, 0) is 38.5 Å². The minimum Gasteiger partial charge on any atom is -0.372 e. The van der Waals surface area contributed by atoms with Crippen molar-refractivity contribution in [2.75, 3.05) is 18.4 Å². The van der Waals surface area contributed by atoms with Crippen LogP contribution in [0.15, 0.2) is 18.2 Å². The monoisotopic (exact) mass is 310 g/mol. The molecule has 2 rings (SSSR count). The number of carbonyl (C=O) groups excluding carboxylic acids is 2. The summed E-state index contributed by atoms with van der Waals surface area (Å²) in [6.45, 7) is 6.45. The van der Waals surface area contributed by atoms with Crippen molar-refractivity contribution in [3.05, 3.63) is 28.8 Å². The van der Waals surface area contributed by atoms with E-state index in [0.717, 1.165) is 5.56 Å². The maximum atomic E-state index is 12.2. The lowest BCUT2D eigenvalue weighted by molar-refractivity contribution is -0.151. The first-order valence-corrected chi connectivity index (χ1v) is 7.26. The number of anilines is 1. The number of hydrogen-bond acceptors (Lipinski definition) is 3. The molecule has 0 bridgehead atoms. The van der Waals surface area contributed by atoms with Gasteiger partial charge in [0.1, 0.15) is 0 Å². The summed E-state index contributed by atoms with van der Waals surface area (Å²) in [4.78, 5) is 25.8. The Balaban J connectivity index is 2.06. The normalized spacial score (nSPS) is 22.0. The Bertz CT molecular complexity index is 552. The molecular weight excluding hydrogens is 292 g/mol. The molecule has 1 aliphatic heterocycles. The molecule has 0 saturated carbocycles. The molecular formula is C15H19ClN2O3. The SMILES string of the molecule is Cc1ccc(Cl)cc1NC(=O)C(=O)N1CC(C)OC(C)C1. The fourth-order valence-electron chi connectivity index (χ4n) is 2.39. The Hall–Kier alpha value is -1.59. The summed E-state index contributed by atoms with van der Waals surface area (Å²) in [7, 11) is 0. The van der Waals surface area contributed by atoms with Crippen LogP contribution >= 0.6 is 11.6 Å². The van der Waals surface area contributed by atoms with E-state index in [-0.39, 0.29) is 12.2 Å². The molecule has 0 aromatic heterocycles. The van der Waals surface area contributed by atoms with E-state index in [1.165, 1.54) is 4.90 Å². The molecule has 6 heteroatoms. The van der Waals surface area contributed by atoms with Crippen LogP contribution in [0.5, 0.6) is 0 Å². The summed E-state index contributed by atoms with van der Waals surface area (Å²) in [5.74, 6) is -1.20. The molecule has 2 amide bonds. The molecule has 1 N–H and O–H groups in total.